The topological polar surface area (TPSA) is 219 Å². The highest BCUT2D eigenvalue weighted by atomic mass is 32.2. The molecule has 34 heavy (non-hydrogen) atoms. The van der Waals surface area contributed by atoms with Crippen molar-refractivity contribution in [1.29, 1.82) is 0 Å². The number of hydrogen-bond donors (Lipinski definition) is 7. The molecule has 0 aromatic heterocycles. The minimum Gasteiger partial charge on any atom is -0.505 e. The number of rotatable bonds is 2. The molecule has 0 spiro atoms. The maximum atomic E-state index is 11.3. The Kier molecular flexibility index (Phi) is 12.4. The first-order valence-electron chi connectivity index (χ1n) is 10.3. The molecule has 2 aromatic carbocycles. The minimum atomic E-state index is -4.82. The zero-order chi connectivity index (χ0) is 26.7. The fourth-order valence-corrected chi connectivity index (χ4v) is 3.72. The molecule has 13 heteroatoms. The Hall–Kier alpha value is -3.00. The molecular formula is C21H34N4O7S2. The molecule has 0 saturated heterocycles. The van der Waals surface area contributed by atoms with Gasteiger partial charge < -0.3 is 27.6 Å². The summed E-state index contributed by atoms with van der Waals surface area (Å²) in [4.78, 5) is -1.59. The molecule has 0 amide bonds. The van der Waals surface area contributed by atoms with Crippen LogP contribution < -0.4 is 22.5 Å². The van der Waals surface area contributed by atoms with E-state index in [-0.39, 0.29) is 11.1 Å². The number of anilines is 2. The molecule has 0 fully saturated rings. The summed E-state index contributed by atoms with van der Waals surface area (Å²) >= 11 is 0. The highest BCUT2D eigenvalue weighted by molar-refractivity contribution is 7.86. The average Bonchev–Trinajstić information content (AvgIpc) is 2.71. The van der Waals surface area contributed by atoms with Crippen LogP contribution in [0.5, 0.6) is 5.75 Å². The quantitative estimate of drug-likeness (QED) is 0.174. The van der Waals surface area contributed by atoms with Gasteiger partial charge in [0.05, 0.1) is 16.9 Å². The van der Waals surface area contributed by atoms with Gasteiger partial charge in [-0.2, -0.15) is 16.8 Å². The molecule has 0 unspecified atom stereocenters. The van der Waals surface area contributed by atoms with E-state index >= 15 is 0 Å². The van der Waals surface area contributed by atoms with E-state index in [4.69, 9.17) is 26.3 Å². The SMILES string of the molecule is CCC.CCC.NC1=CC=CCN1.Nc1c(S(=O)(=O)O)cc2c(S(=O)(=O)O)ccc(N)c2c1O. The summed E-state index contributed by atoms with van der Waals surface area (Å²) in [6.45, 7) is 9.36. The van der Waals surface area contributed by atoms with E-state index in [0.29, 0.717) is 6.07 Å². The van der Waals surface area contributed by atoms with E-state index < -0.39 is 46.9 Å². The largest absolute Gasteiger partial charge is 0.505 e. The number of allylic oxidation sites excluding steroid dienone is 2. The van der Waals surface area contributed by atoms with E-state index in [1.807, 2.05) is 18.2 Å². The predicted octanol–water partition coefficient (Wildman–Crippen LogP) is 2.98. The molecule has 11 nitrogen and oxygen atoms in total. The molecule has 3 rings (SSSR count). The molecule has 2 aromatic rings. The first-order valence-corrected chi connectivity index (χ1v) is 13.2. The van der Waals surface area contributed by atoms with Gasteiger partial charge in [-0.15, -0.1) is 0 Å². The molecule has 1 heterocycles. The van der Waals surface area contributed by atoms with Crippen molar-refractivity contribution in [3.8, 4) is 5.75 Å². The molecular weight excluding hydrogens is 484 g/mol. The van der Waals surface area contributed by atoms with Gasteiger partial charge in [-0.25, -0.2) is 0 Å². The Morgan fingerprint density at radius 3 is 1.76 bits per heavy atom. The van der Waals surface area contributed by atoms with Gasteiger partial charge in [0, 0.05) is 17.6 Å². The van der Waals surface area contributed by atoms with Gasteiger partial charge in [0.25, 0.3) is 20.2 Å². The first-order chi connectivity index (χ1) is 15.7. The normalized spacial score (nSPS) is 12.6. The zero-order valence-electron chi connectivity index (χ0n) is 19.6. The van der Waals surface area contributed by atoms with Crippen LogP contribution in [0.4, 0.5) is 11.4 Å². The monoisotopic (exact) mass is 518 g/mol. The summed E-state index contributed by atoms with van der Waals surface area (Å²) in [7, 11) is -9.55. The Balaban J connectivity index is 0.000000687. The summed E-state index contributed by atoms with van der Waals surface area (Å²) < 4.78 is 63.2. The van der Waals surface area contributed by atoms with Gasteiger partial charge >= 0.3 is 0 Å². The van der Waals surface area contributed by atoms with Gasteiger partial charge in [-0.1, -0.05) is 52.7 Å². The highest BCUT2D eigenvalue weighted by Gasteiger charge is 2.24. The second kappa shape index (κ2) is 13.6. The van der Waals surface area contributed by atoms with E-state index in [1.165, 1.54) is 12.8 Å². The number of hydrogen-bond acceptors (Lipinski definition) is 9. The summed E-state index contributed by atoms with van der Waals surface area (Å²) in [5.41, 5.74) is 15.5. The minimum absolute atomic E-state index is 0.0940. The number of benzene rings is 2. The summed E-state index contributed by atoms with van der Waals surface area (Å²) in [6, 6.07) is 2.73. The number of dihydropyridines is 1. The standard InChI is InChI=1S/C10H10N2O7S2.C5H8N2.2C3H8/c11-5-1-2-6(20(14,15)16)4-3-7(21(17,18)19)9(12)10(13)8(4)5;6-5-3-1-2-4-7-5;2*1-3-2/h1-3,13H,11-12H2,(H,14,15,16)(H,17,18,19);1-3,7H,4,6H2;2*3H2,1-2H3. The molecule has 0 bridgehead atoms. The lowest BCUT2D eigenvalue weighted by molar-refractivity contribution is 0.473. The first kappa shape index (κ1) is 31.0. The van der Waals surface area contributed by atoms with Gasteiger partial charge in [0.2, 0.25) is 0 Å². The van der Waals surface area contributed by atoms with Crippen LogP contribution in [-0.2, 0) is 20.2 Å². The Bertz CT molecular complexity index is 1240. The Labute approximate surface area is 200 Å². The number of aromatic hydroxyl groups is 1. The van der Waals surface area contributed by atoms with Crippen molar-refractivity contribution >= 4 is 42.4 Å². The number of phenols is 1. The smallest absolute Gasteiger partial charge is 0.296 e. The van der Waals surface area contributed by atoms with Crippen molar-refractivity contribution in [3.63, 3.8) is 0 Å². The van der Waals surface area contributed by atoms with Crippen LogP contribution >= 0.6 is 0 Å². The number of phenolic OH excluding ortho intramolecular Hbond substituents is 1. The van der Waals surface area contributed by atoms with Crippen molar-refractivity contribution in [2.75, 3.05) is 18.0 Å². The van der Waals surface area contributed by atoms with Crippen molar-refractivity contribution in [2.24, 2.45) is 5.73 Å². The second-order valence-corrected chi connectivity index (χ2v) is 9.79. The third-order valence-electron chi connectivity index (χ3n) is 3.66. The Morgan fingerprint density at radius 1 is 0.912 bits per heavy atom. The van der Waals surface area contributed by atoms with Crippen LogP contribution in [0.25, 0.3) is 10.8 Å². The van der Waals surface area contributed by atoms with Gasteiger partial charge in [0.1, 0.15) is 15.5 Å². The Morgan fingerprint density at radius 2 is 1.41 bits per heavy atom. The zero-order valence-corrected chi connectivity index (χ0v) is 21.2. The molecule has 1 aliphatic rings. The summed E-state index contributed by atoms with van der Waals surface area (Å²) in [5.74, 6) is -0.0642. The molecule has 0 atom stereocenters. The molecule has 0 aliphatic carbocycles. The van der Waals surface area contributed by atoms with E-state index in [1.54, 1.807) is 0 Å². The fraction of sp³-hybridized carbons (Fsp3) is 0.333. The van der Waals surface area contributed by atoms with Crippen LogP contribution in [0.3, 0.4) is 0 Å². The van der Waals surface area contributed by atoms with Crippen molar-refractivity contribution in [1.82, 2.24) is 5.32 Å². The van der Waals surface area contributed by atoms with Crippen LogP contribution in [0.15, 0.2) is 52.0 Å². The average molecular weight is 519 g/mol. The lowest BCUT2D eigenvalue weighted by Crippen LogP contribution is -2.21. The maximum absolute atomic E-state index is 11.3. The van der Waals surface area contributed by atoms with Gasteiger partial charge in [-0.3, -0.25) is 9.11 Å². The van der Waals surface area contributed by atoms with E-state index in [9.17, 15) is 21.9 Å². The van der Waals surface area contributed by atoms with Crippen LogP contribution in [0.1, 0.15) is 40.5 Å². The van der Waals surface area contributed by atoms with Crippen molar-refractivity contribution < 1.29 is 31.0 Å². The van der Waals surface area contributed by atoms with Crippen LogP contribution in [0, 0.1) is 0 Å². The highest BCUT2D eigenvalue weighted by Crippen LogP contribution is 2.41. The second-order valence-electron chi connectivity index (χ2n) is 7.01. The van der Waals surface area contributed by atoms with E-state index in [2.05, 4.69) is 33.0 Å². The van der Waals surface area contributed by atoms with Crippen LogP contribution in [-0.4, -0.2) is 37.6 Å². The van der Waals surface area contributed by atoms with Crippen LogP contribution in [0.2, 0.25) is 0 Å². The lowest BCUT2D eigenvalue weighted by atomic mass is 10.1. The number of fused-ring (bicyclic) bond motifs is 1. The number of nitrogens with one attached hydrogen (secondary N) is 1. The summed E-state index contributed by atoms with van der Waals surface area (Å²) in [5, 5.41) is 12.2. The molecule has 0 radical (unpaired) electrons. The van der Waals surface area contributed by atoms with Crippen molar-refractivity contribution in [2.45, 2.75) is 50.3 Å². The van der Waals surface area contributed by atoms with Gasteiger partial charge in [0.15, 0.2) is 0 Å². The van der Waals surface area contributed by atoms with Crippen molar-refractivity contribution in [3.05, 3.63) is 42.2 Å². The fourth-order valence-electron chi connectivity index (χ4n) is 2.40. The number of nitrogens with two attached hydrogens (primary N) is 3. The molecule has 10 N–H and O–H groups in total. The number of nitrogen functional groups attached to an aromatic ring is 2. The summed E-state index contributed by atoms with van der Waals surface area (Å²) in [6.07, 6.45) is 8.28. The third-order valence-corrected chi connectivity index (χ3v) is 5.47. The molecule has 0 saturated carbocycles. The van der Waals surface area contributed by atoms with Gasteiger partial charge in [-0.05, 0) is 24.3 Å². The predicted molar refractivity (Wildman–Crippen MR) is 135 cm³/mol. The van der Waals surface area contributed by atoms with E-state index in [0.717, 1.165) is 24.5 Å². The molecule has 192 valence electrons. The maximum Gasteiger partial charge on any atom is 0.296 e. The molecule has 1 aliphatic heterocycles. The third kappa shape index (κ3) is 9.09. The lowest BCUT2D eigenvalue weighted by Gasteiger charge is -2.12.